The molecule has 0 bridgehead atoms. The van der Waals surface area contributed by atoms with Crippen molar-refractivity contribution >= 4 is 15.7 Å². The summed E-state index contributed by atoms with van der Waals surface area (Å²) >= 11 is 0. The van der Waals surface area contributed by atoms with Crippen LogP contribution in [0.1, 0.15) is 20.3 Å². The van der Waals surface area contributed by atoms with E-state index >= 15 is 0 Å². The highest BCUT2D eigenvalue weighted by molar-refractivity contribution is 7.89. The van der Waals surface area contributed by atoms with E-state index in [1.165, 1.54) is 26.4 Å². The fourth-order valence-corrected chi connectivity index (χ4v) is 2.89. The molecule has 0 aliphatic rings. The lowest BCUT2D eigenvalue weighted by atomic mass is 10.1. The first-order valence-corrected chi connectivity index (χ1v) is 7.81. The van der Waals surface area contributed by atoms with E-state index in [1.807, 2.05) is 13.8 Å². The number of nitrogen functional groups attached to an aromatic ring is 1. The van der Waals surface area contributed by atoms with E-state index in [0.717, 1.165) is 6.42 Å². The molecule has 0 radical (unpaired) electrons. The van der Waals surface area contributed by atoms with Crippen LogP contribution in [0, 0.1) is 5.92 Å². The van der Waals surface area contributed by atoms with Gasteiger partial charge >= 0.3 is 0 Å². The Morgan fingerprint density at radius 2 is 1.80 bits per heavy atom. The molecule has 0 aromatic heterocycles. The molecule has 0 saturated heterocycles. The van der Waals surface area contributed by atoms with Crippen LogP contribution in [0.5, 0.6) is 11.5 Å². The highest BCUT2D eigenvalue weighted by Crippen LogP contribution is 2.33. The molecule has 114 valence electrons. The molecule has 1 aromatic rings. The molecule has 1 aromatic carbocycles. The number of methoxy groups -OCH3 is 2. The van der Waals surface area contributed by atoms with E-state index in [1.54, 1.807) is 0 Å². The second kappa shape index (κ2) is 6.81. The quantitative estimate of drug-likeness (QED) is 0.747. The summed E-state index contributed by atoms with van der Waals surface area (Å²) in [5.41, 5.74) is 6.00. The minimum atomic E-state index is -3.66. The van der Waals surface area contributed by atoms with Crippen LogP contribution in [-0.2, 0) is 10.0 Å². The van der Waals surface area contributed by atoms with Gasteiger partial charge in [-0.3, -0.25) is 0 Å². The van der Waals surface area contributed by atoms with Gasteiger partial charge in [-0.2, -0.15) is 0 Å². The molecule has 1 rings (SSSR count). The van der Waals surface area contributed by atoms with Crippen molar-refractivity contribution in [2.75, 3.05) is 26.5 Å². The second-order valence-electron chi connectivity index (χ2n) is 4.83. The molecule has 0 fully saturated rings. The zero-order chi connectivity index (χ0) is 15.3. The van der Waals surface area contributed by atoms with Gasteiger partial charge in [0.05, 0.1) is 19.9 Å². The lowest BCUT2D eigenvalue weighted by molar-refractivity contribution is 0.387. The van der Waals surface area contributed by atoms with Gasteiger partial charge in [-0.05, 0) is 18.4 Å². The van der Waals surface area contributed by atoms with Crippen molar-refractivity contribution in [3.8, 4) is 11.5 Å². The standard InChI is InChI=1S/C13H22N2O4S/c1-9(2)5-6-15-20(16,17)13-7-10(14)11(18-3)8-12(13)19-4/h7-9,15H,5-6,14H2,1-4H3. The van der Waals surface area contributed by atoms with Crippen molar-refractivity contribution in [1.82, 2.24) is 4.72 Å². The van der Waals surface area contributed by atoms with E-state index in [0.29, 0.717) is 18.2 Å². The molecule has 0 atom stereocenters. The maximum absolute atomic E-state index is 12.3. The Morgan fingerprint density at radius 1 is 1.20 bits per heavy atom. The van der Waals surface area contributed by atoms with Crippen LogP contribution in [0.15, 0.2) is 17.0 Å². The monoisotopic (exact) mass is 302 g/mol. The SMILES string of the molecule is COc1cc(OC)c(S(=O)(=O)NCCC(C)C)cc1N. The van der Waals surface area contributed by atoms with Crippen LogP contribution in [0.3, 0.4) is 0 Å². The molecule has 20 heavy (non-hydrogen) atoms. The first-order valence-electron chi connectivity index (χ1n) is 6.33. The third kappa shape index (κ3) is 4.01. The number of benzene rings is 1. The third-order valence-corrected chi connectivity index (χ3v) is 4.30. The van der Waals surface area contributed by atoms with Crippen LogP contribution in [0.4, 0.5) is 5.69 Å². The van der Waals surface area contributed by atoms with Crippen molar-refractivity contribution in [3.63, 3.8) is 0 Å². The van der Waals surface area contributed by atoms with Crippen LogP contribution in [0.25, 0.3) is 0 Å². The number of nitrogens with two attached hydrogens (primary N) is 1. The predicted octanol–water partition coefficient (Wildman–Crippen LogP) is 1.61. The Labute approximate surface area is 120 Å². The summed E-state index contributed by atoms with van der Waals surface area (Å²) in [6.45, 7) is 4.43. The number of anilines is 1. The van der Waals surface area contributed by atoms with Gasteiger partial charge in [0.1, 0.15) is 16.4 Å². The summed E-state index contributed by atoms with van der Waals surface area (Å²) in [5, 5.41) is 0. The van der Waals surface area contributed by atoms with Crippen molar-refractivity contribution in [3.05, 3.63) is 12.1 Å². The number of nitrogens with one attached hydrogen (secondary N) is 1. The van der Waals surface area contributed by atoms with E-state index in [-0.39, 0.29) is 16.3 Å². The van der Waals surface area contributed by atoms with Gasteiger partial charge in [-0.15, -0.1) is 0 Å². The van der Waals surface area contributed by atoms with Crippen LogP contribution in [0.2, 0.25) is 0 Å². The molecule has 0 amide bonds. The molecule has 0 saturated carbocycles. The summed E-state index contributed by atoms with van der Waals surface area (Å²) in [4.78, 5) is 0.0158. The fourth-order valence-electron chi connectivity index (χ4n) is 1.66. The van der Waals surface area contributed by atoms with E-state index in [4.69, 9.17) is 15.2 Å². The Morgan fingerprint density at radius 3 is 2.30 bits per heavy atom. The number of hydrogen-bond acceptors (Lipinski definition) is 5. The summed E-state index contributed by atoms with van der Waals surface area (Å²) in [6, 6.07) is 2.81. The van der Waals surface area contributed by atoms with E-state index in [2.05, 4.69) is 4.72 Å². The zero-order valence-electron chi connectivity index (χ0n) is 12.3. The van der Waals surface area contributed by atoms with Crippen LogP contribution >= 0.6 is 0 Å². The molecule has 0 aliphatic heterocycles. The van der Waals surface area contributed by atoms with Crippen molar-refractivity contribution in [1.29, 1.82) is 0 Å². The average molecular weight is 302 g/mol. The molecular weight excluding hydrogens is 280 g/mol. The van der Waals surface area contributed by atoms with E-state index < -0.39 is 10.0 Å². The molecule has 0 aliphatic carbocycles. The van der Waals surface area contributed by atoms with Gasteiger partial charge in [0, 0.05) is 12.6 Å². The maximum atomic E-state index is 12.3. The fraction of sp³-hybridized carbons (Fsp3) is 0.538. The van der Waals surface area contributed by atoms with Gasteiger partial charge in [-0.25, -0.2) is 13.1 Å². The lowest BCUT2D eigenvalue weighted by Crippen LogP contribution is -2.26. The summed E-state index contributed by atoms with van der Waals surface area (Å²) in [6.07, 6.45) is 0.757. The average Bonchev–Trinajstić information content (AvgIpc) is 2.37. The molecule has 3 N–H and O–H groups in total. The Bertz CT molecular complexity index is 556. The van der Waals surface area contributed by atoms with Crippen molar-refractivity contribution in [2.24, 2.45) is 5.92 Å². The Kier molecular flexibility index (Phi) is 5.64. The number of hydrogen-bond donors (Lipinski definition) is 2. The number of sulfonamides is 1. The van der Waals surface area contributed by atoms with Gasteiger partial charge in [-0.1, -0.05) is 13.8 Å². The van der Waals surface area contributed by atoms with Gasteiger partial charge < -0.3 is 15.2 Å². The molecule has 0 heterocycles. The van der Waals surface area contributed by atoms with Crippen molar-refractivity contribution in [2.45, 2.75) is 25.2 Å². The summed E-state index contributed by atoms with van der Waals surface area (Å²) < 4.78 is 37.2. The molecule has 7 heteroatoms. The Hall–Kier alpha value is -1.47. The molecular formula is C13H22N2O4S. The Balaban J connectivity index is 3.08. The van der Waals surface area contributed by atoms with Gasteiger partial charge in [0.2, 0.25) is 10.0 Å². The summed E-state index contributed by atoms with van der Waals surface area (Å²) in [5.74, 6) is 0.997. The zero-order valence-corrected chi connectivity index (χ0v) is 13.1. The van der Waals surface area contributed by atoms with Crippen LogP contribution < -0.4 is 19.9 Å². The highest BCUT2D eigenvalue weighted by Gasteiger charge is 2.21. The van der Waals surface area contributed by atoms with Gasteiger partial charge in [0.25, 0.3) is 0 Å². The smallest absolute Gasteiger partial charge is 0.244 e. The normalized spacial score (nSPS) is 11.7. The van der Waals surface area contributed by atoms with E-state index in [9.17, 15) is 8.42 Å². The molecule has 6 nitrogen and oxygen atoms in total. The lowest BCUT2D eigenvalue weighted by Gasteiger charge is -2.14. The van der Waals surface area contributed by atoms with Gasteiger partial charge in [0.15, 0.2) is 0 Å². The third-order valence-electron chi connectivity index (χ3n) is 2.82. The topological polar surface area (TPSA) is 90.6 Å². The minimum absolute atomic E-state index is 0.0158. The predicted molar refractivity (Wildman–Crippen MR) is 78.6 cm³/mol. The second-order valence-corrected chi connectivity index (χ2v) is 6.56. The maximum Gasteiger partial charge on any atom is 0.244 e. The largest absolute Gasteiger partial charge is 0.495 e. The molecule has 0 unspecified atom stereocenters. The number of ether oxygens (including phenoxy) is 2. The minimum Gasteiger partial charge on any atom is -0.495 e. The number of rotatable bonds is 7. The van der Waals surface area contributed by atoms with Crippen molar-refractivity contribution < 1.29 is 17.9 Å². The first-order chi connectivity index (χ1) is 9.31. The van der Waals surface area contributed by atoms with Crippen LogP contribution in [-0.4, -0.2) is 29.2 Å². The molecule has 0 spiro atoms. The first kappa shape index (κ1) is 16.6. The summed E-state index contributed by atoms with van der Waals surface area (Å²) in [7, 11) is -0.797. The highest BCUT2D eigenvalue weighted by atomic mass is 32.2.